The molecule has 0 aromatic heterocycles. The van der Waals surface area contributed by atoms with Gasteiger partial charge in [0.15, 0.2) is 0 Å². The van der Waals surface area contributed by atoms with Gasteiger partial charge in [-0.15, -0.1) is 11.8 Å². The predicted octanol–water partition coefficient (Wildman–Crippen LogP) is 3.69. The lowest BCUT2D eigenvalue weighted by Gasteiger charge is -2.26. The highest BCUT2D eigenvalue weighted by atomic mass is 35.5. The van der Waals surface area contributed by atoms with Crippen molar-refractivity contribution in [3.05, 3.63) is 34.9 Å². The first-order valence-electron chi connectivity index (χ1n) is 6.63. The molecule has 1 aliphatic heterocycles. The van der Waals surface area contributed by atoms with E-state index in [2.05, 4.69) is 10.1 Å². The molecule has 0 radical (unpaired) electrons. The Hall–Kier alpha value is -0.710. The normalized spacial score (nSPS) is 17.6. The van der Waals surface area contributed by atoms with Crippen molar-refractivity contribution in [2.24, 2.45) is 5.16 Å². The second-order valence-electron chi connectivity index (χ2n) is 4.64. The molecule has 1 aliphatic rings. The van der Waals surface area contributed by atoms with Crippen molar-refractivity contribution in [3.8, 4) is 0 Å². The lowest BCUT2D eigenvalue weighted by atomic mass is 10.1. The highest BCUT2D eigenvalue weighted by Crippen LogP contribution is 2.22. The molecule has 1 N–H and O–H groups in total. The molecule has 0 spiro atoms. The minimum Gasteiger partial charge on any atom is -0.410 e. The standard InChI is InChI=1S/C14H19ClN2OS/c15-13-7-3-2-6-12(13)14(16-18)19-11-10-17-8-4-1-5-9-17/h2-3,6-7,18H,1,4-5,8-11H2/b16-14+. The molecule has 1 aromatic rings. The summed E-state index contributed by atoms with van der Waals surface area (Å²) in [5.74, 6) is 0.921. The van der Waals surface area contributed by atoms with Gasteiger partial charge in [-0.05, 0) is 32.0 Å². The highest BCUT2D eigenvalue weighted by Gasteiger charge is 2.12. The summed E-state index contributed by atoms with van der Waals surface area (Å²) in [6.45, 7) is 3.42. The zero-order valence-corrected chi connectivity index (χ0v) is 12.5. The predicted molar refractivity (Wildman–Crippen MR) is 82.5 cm³/mol. The molecule has 0 bridgehead atoms. The van der Waals surface area contributed by atoms with Crippen LogP contribution in [0.25, 0.3) is 0 Å². The van der Waals surface area contributed by atoms with Crippen LogP contribution in [0.15, 0.2) is 29.4 Å². The van der Waals surface area contributed by atoms with Crippen LogP contribution in [0.1, 0.15) is 24.8 Å². The number of nitrogens with zero attached hydrogens (tertiary/aromatic N) is 2. The average Bonchev–Trinajstić information content (AvgIpc) is 2.46. The molecule has 0 unspecified atom stereocenters. The summed E-state index contributed by atoms with van der Waals surface area (Å²) in [7, 11) is 0. The van der Waals surface area contributed by atoms with E-state index in [0.717, 1.165) is 17.9 Å². The molecular formula is C14H19ClN2OS. The minimum absolute atomic E-state index is 0.600. The lowest BCUT2D eigenvalue weighted by Crippen LogP contribution is -2.31. The largest absolute Gasteiger partial charge is 0.410 e. The Morgan fingerprint density at radius 2 is 2.00 bits per heavy atom. The minimum atomic E-state index is 0.600. The molecule has 1 aromatic carbocycles. The fourth-order valence-corrected chi connectivity index (χ4v) is 3.46. The van der Waals surface area contributed by atoms with E-state index in [1.54, 1.807) is 11.8 Å². The smallest absolute Gasteiger partial charge is 0.144 e. The van der Waals surface area contributed by atoms with Crippen LogP contribution in [0.3, 0.4) is 0 Å². The maximum Gasteiger partial charge on any atom is 0.144 e. The topological polar surface area (TPSA) is 35.8 Å². The van der Waals surface area contributed by atoms with Crippen LogP contribution in [0.5, 0.6) is 0 Å². The zero-order chi connectivity index (χ0) is 13.5. The number of rotatable bonds is 4. The lowest BCUT2D eigenvalue weighted by molar-refractivity contribution is 0.242. The van der Waals surface area contributed by atoms with Crippen molar-refractivity contribution >= 4 is 28.4 Å². The van der Waals surface area contributed by atoms with Crippen LogP contribution >= 0.6 is 23.4 Å². The van der Waals surface area contributed by atoms with Gasteiger partial charge >= 0.3 is 0 Å². The van der Waals surface area contributed by atoms with E-state index in [4.69, 9.17) is 16.8 Å². The number of thioether (sulfide) groups is 1. The molecule has 19 heavy (non-hydrogen) atoms. The average molecular weight is 299 g/mol. The van der Waals surface area contributed by atoms with Gasteiger partial charge in [0.1, 0.15) is 5.04 Å². The van der Waals surface area contributed by atoms with Crippen molar-refractivity contribution in [3.63, 3.8) is 0 Å². The van der Waals surface area contributed by atoms with Crippen LogP contribution in [-0.2, 0) is 0 Å². The number of oxime groups is 1. The first-order valence-corrected chi connectivity index (χ1v) is 7.99. The van der Waals surface area contributed by atoms with Crippen molar-refractivity contribution in [1.29, 1.82) is 0 Å². The van der Waals surface area contributed by atoms with Gasteiger partial charge in [0.25, 0.3) is 0 Å². The Morgan fingerprint density at radius 1 is 1.26 bits per heavy atom. The Balaban J connectivity index is 1.85. The van der Waals surface area contributed by atoms with E-state index in [1.807, 2.05) is 24.3 Å². The molecule has 1 saturated heterocycles. The summed E-state index contributed by atoms with van der Waals surface area (Å²) in [6.07, 6.45) is 3.96. The Bertz CT molecular complexity index is 433. The van der Waals surface area contributed by atoms with Crippen LogP contribution in [0, 0.1) is 0 Å². The maximum atomic E-state index is 9.14. The van der Waals surface area contributed by atoms with Gasteiger partial charge in [-0.1, -0.05) is 41.4 Å². The highest BCUT2D eigenvalue weighted by molar-refractivity contribution is 8.14. The quantitative estimate of drug-likeness (QED) is 0.398. The molecule has 1 heterocycles. The molecule has 104 valence electrons. The summed E-state index contributed by atoms with van der Waals surface area (Å²) in [5.41, 5.74) is 0.801. The van der Waals surface area contributed by atoms with E-state index >= 15 is 0 Å². The van der Waals surface area contributed by atoms with Crippen molar-refractivity contribution in [1.82, 2.24) is 4.90 Å². The molecule has 1 fully saturated rings. The molecular weight excluding hydrogens is 280 g/mol. The van der Waals surface area contributed by atoms with Gasteiger partial charge < -0.3 is 10.1 Å². The first-order chi connectivity index (χ1) is 9.31. The summed E-state index contributed by atoms with van der Waals surface area (Å²) >= 11 is 7.67. The Morgan fingerprint density at radius 3 is 2.68 bits per heavy atom. The number of likely N-dealkylation sites (tertiary alicyclic amines) is 1. The summed E-state index contributed by atoms with van der Waals surface area (Å²) in [5, 5.41) is 13.7. The first kappa shape index (κ1) is 14.7. The van der Waals surface area contributed by atoms with E-state index < -0.39 is 0 Å². The number of hydrogen-bond donors (Lipinski definition) is 1. The second-order valence-corrected chi connectivity index (χ2v) is 6.13. The third kappa shape index (κ3) is 4.41. The molecule has 0 aliphatic carbocycles. The van der Waals surface area contributed by atoms with Gasteiger partial charge in [-0.3, -0.25) is 0 Å². The monoisotopic (exact) mass is 298 g/mol. The molecule has 3 nitrogen and oxygen atoms in total. The van der Waals surface area contributed by atoms with E-state index in [0.29, 0.717) is 10.1 Å². The van der Waals surface area contributed by atoms with Gasteiger partial charge in [0.2, 0.25) is 0 Å². The Labute approximate surface area is 123 Å². The van der Waals surface area contributed by atoms with Gasteiger partial charge in [-0.25, -0.2) is 0 Å². The fraction of sp³-hybridized carbons (Fsp3) is 0.500. The number of piperidine rings is 1. The Kier molecular flexibility index (Phi) is 6.01. The van der Waals surface area contributed by atoms with Crippen LogP contribution < -0.4 is 0 Å². The molecule has 0 amide bonds. The third-order valence-electron chi connectivity index (χ3n) is 3.29. The van der Waals surface area contributed by atoms with E-state index in [1.165, 1.54) is 32.4 Å². The number of benzene rings is 1. The van der Waals surface area contributed by atoms with E-state index in [-0.39, 0.29) is 0 Å². The summed E-state index contributed by atoms with van der Waals surface area (Å²) in [6, 6.07) is 7.47. The maximum absolute atomic E-state index is 9.14. The third-order valence-corrected chi connectivity index (χ3v) is 4.58. The molecule has 0 atom stereocenters. The fourth-order valence-electron chi connectivity index (χ4n) is 2.25. The van der Waals surface area contributed by atoms with Crippen molar-refractivity contribution in [2.45, 2.75) is 19.3 Å². The molecule has 0 saturated carbocycles. The van der Waals surface area contributed by atoms with Crippen LogP contribution in [-0.4, -0.2) is 40.5 Å². The zero-order valence-electron chi connectivity index (χ0n) is 10.9. The number of halogens is 1. The second kappa shape index (κ2) is 7.78. The van der Waals surface area contributed by atoms with Crippen molar-refractivity contribution < 1.29 is 5.21 Å². The van der Waals surface area contributed by atoms with Gasteiger partial charge in [0, 0.05) is 17.9 Å². The van der Waals surface area contributed by atoms with Gasteiger partial charge in [-0.2, -0.15) is 0 Å². The van der Waals surface area contributed by atoms with E-state index in [9.17, 15) is 0 Å². The summed E-state index contributed by atoms with van der Waals surface area (Å²) in [4.78, 5) is 2.47. The van der Waals surface area contributed by atoms with Crippen molar-refractivity contribution in [2.75, 3.05) is 25.4 Å². The van der Waals surface area contributed by atoms with Crippen LogP contribution in [0.4, 0.5) is 0 Å². The molecule has 5 heteroatoms. The summed E-state index contributed by atoms with van der Waals surface area (Å²) < 4.78 is 0. The van der Waals surface area contributed by atoms with Gasteiger partial charge in [0.05, 0.1) is 5.02 Å². The molecule has 2 rings (SSSR count). The SMILES string of the molecule is O/N=C(/SCCN1CCCCC1)c1ccccc1Cl. The number of hydrogen-bond acceptors (Lipinski definition) is 4. The van der Waals surface area contributed by atoms with Crippen LogP contribution in [0.2, 0.25) is 5.02 Å².